The zero-order valence-electron chi connectivity index (χ0n) is 14.4. The maximum Gasteiger partial charge on any atom is 0.410 e. The van der Waals surface area contributed by atoms with E-state index in [0.717, 1.165) is 24.8 Å². The van der Waals surface area contributed by atoms with Crippen molar-refractivity contribution in [3.05, 3.63) is 23.9 Å². The first-order valence-corrected chi connectivity index (χ1v) is 9.39. The molecule has 0 aliphatic carbocycles. The SMILES string of the molecule is Cc1ccnc([S@](=O)C[C@@H]2CCCCN2C(=O)OC(C)(C)C)c1. The summed E-state index contributed by atoms with van der Waals surface area (Å²) in [5.74, 6) is 0.412. The Hall–Kier alpha value is -1.43. The van der Waals surface area contributed by atoms with Gasteiger partial charge < -0.3 is 9.64 Å². The van der Waals surface area contributed by atoms with E-state index in [-0.39, 0.29) is 12.1 Å². The third kappa shape index (κ3) is 5.30. The molecule has 1 aromatic heterocycles. The van der Waals surface area contributed by atoms with Gasteiger partial charge in [0.15, 0.2) is 0 Å². The van der Waals surface area contributed by atoms with Crippen LogP contribution in [-0.4, -0.2) is 44.1 Å². The van der Waals surface area contributed by atoms with E-state index in [0.29, 0.717) is 17.3 Å². The van der Waals surface area contributed by atoms with E-state index in [1.807, 2.05) is 39.8 Å². The molecule has 2 heterocycles. The first-order valence-electron chi connectivity index (χ1n) is 8.07. The predicted molar refractivity (Wildman–Crippen MR) is 90.8 cm³/mol. The van der Waals surface area contributed by atoms with Crippen molar-refractivity contribution in [1.82, 2.24) is 9.88 Å². The summed E-state index contributed by atoms with van der Waals surface area (Å²) >= 11 is 0. The average Bonchev–Trinajstić information content (AvgIpc) is 2.46. The van der Waals surface area contributed by atoms with E-state index in [1.165, 1.54) is 0 Å². The van der Waals surface area contributed by atoms with Crippen molar-refractivity contribution in [1.29, 1.82) is 0 Å². The van der Waals surface area contributed by atoms with Crippen molar-refractivity contribution in [3.63, 3.8) is 0 Å². The summed E-state index contributed by atoms with van der Waals surface area (Å²) in [4.78, 5) is 18.3. The molecule has 0 N–H and O–H groups in total. The third-order valence-electron chi connectivity index (χ3n) is 3.72. The molecule has 1 fully saturated rings. The van der Waals surface area contributed by atoms with Gasteiger partial charge in [0.25, 0.3) is 0 Å². The van der Waals surface area contributed by atoms with Gasteiger partial charge in [-0.25, -0.2) is 9.78 Å². The minimum Gasteiger partial charge on any atom is -0.444 e. The van der Waals surface area contributed by atoms with Crippen molar-refractivity contribution >= 4 is 16.9 Å². The average molecular weight is 338 g/mol. The van der Waals surface area contributed by atoms with E-state index >= 15 is 0 Å². The molecule has 6 heteroatoms. The van der Waals surface area contributed by atoms with Crippen LogP contribution in [0.4, 0.5) is 4.79 Å². The Morgan fingerprint density at radius 2 is 2.17 bits per heavy atom. The van der Waals surface area contributed by atoms with Gasteiger partial charge in [0.2, 0.25) is 0 Å². The van der Waals surface area contributed by atoms with Crippen LogP contribution in [0.3, 0.4) is 0 Å². The number of piperidine rings is 1. The lowest BCUT2D eigenvalue weighted by molar-refractivity contribution is 0.0125. The summed E-state index contributed by atoms with van der Waals surface area (Å²) in [7, 11) is -1.21. The van der Waals surface area contributed by atoms with Crippen LogP contribution in [-0.2, 0) is 15.5 Å². The van der Waals surface area contributed by atoms with E-state index in [2.05, 4.69) is 4.98 Å². The molecule has 1 saturated heterocycles. The van der Waals surface area contributed by atoms with Crippen LogP contribution in [0.2, 0.25) is 0 Å². The van der Waals surface area contributed by atoms with E-state index in [9.17, 15) is 9.00 Å². The largest absolute Gasteiger partial charge is 0.444 e. The lowest BCUT2D eigenvalue weighted by Crippen LogP contribution is -2.48. The maximum atomic E-state index is 12.6. The molecular formula is C17H26N2O3S. The highest BCUT2D eigenvalue weighted by atomic mass is 32.2. The molecule has 1 aromatic rings. The summed E-state index contributed by atoms with van der Waals surface area (Å²) in [5, 5.41) is 0.583. The lowest BCUT2D eigenvalue weighted by Gasteiger charge is -2.36. The predicted octanol–water partition coefficient (Wildman–Crippen LogP) is 3.29. The summed E-state index contributed by atoms with van der Waals surface area (Å²) in [6.45, 7) is 8.20. The topological polar surface area (TPSA) is 59.5 Å². The van der Waals surface area contributed by atoms with Gasteiger partial charge in [-0.05, 0) is 64.7 Å². The van der Waals surface area contributed by atoms with E-state index in [1.54, 1.807) is 11.1 Å². The Morgan fingerprint density at radius 1 is 1.43 bits per heavy atom. The fourth-order valence-electron chi connectivity index (χ4n) is 2.63. The number of nitrogens with zero attached hydrogens (tertiary/aromatic N) is 2. The van der Waals surface area contributed by atoms with E-state index < -0.39 is 16.4 Å². The van der Waals surface area contributed by atoms with Crippen LogP contribution < -0.4 is 0 Å². The molecule has 1 amide bonds. The number of aromatic nitrogens is 1. The second kappa shape index (κ2) is 7.43. The number of hydrogen-bond donors (Lipinski definition) is 0. The van der Waals surface area contributed by atoms with Gasteiger partial charge in [-0.1, -0.05) is 0 Å². The molecule has 23 heavy (non-hydrogen) atoms. The van der Waals surface area contributed by atoms with Gasteiger partial charge in [-0.15, -0.1) is 0 Å². The molecule has 0 spiro atoms. The van der Waals surface area contributed by atoms with Crippen LogP contribution in [0.5, 0.6) is 0 Å². The molecule has 0 radical (unpaired) electrons. The minimum absolute atomic E-state index is 0.0539. The molecule has 1 aliphatic rings. The van der Waals surface area contributed by atoms with Crippen molar-refractivity contribution in [2.45, 2.75) is 63.6 Å². The molecule has 128 valence electrons. The number of aryl methyl sites for hydroxylation is 1. The fraction of sp³-hybridized carbons (Fsp3) is 0.647. The molecule has 2 atom stereocenters. The number of amides is 1. The van der Waals surface area contributed by atoms with Crippen molar-refractivity contribution in [2.24, 2.45) is 0 Å². The Bertz CT molecular complexity index is 583. The van der Waals surface area contributed by atoms with Gasteiger partial charge in [0.1, 0.15) is 10.6 Å². The number of rotatable bonds is 3. The smallest absolute Gasteiger partial charge is 0.410 e. The van der Waals surface area contributed by atoms with Gasteiger partial charge >= 0.3 is 6.09 Å². The molecule has 0 bridgehead atoms. The molecule has 0 unspecified atom stereocenters. The van der Waals surface area contributed by atoms with Gasteiger partial charge in [0.05, 0.1) is 16.6 Å². The van der Waals surface area contributed by atoms with Crippen molar-refractivity contribution in [3.8, 4) is 0 Å². The highest BCUT2D eigenvalue weighted by Gasteiger charge is 2.31. The van der Waals surface area contributed by atoms with Crippen LogP contribution in [0, 0.1) is 6.92 Å². The minimum atomic E-state index is -1.21. The standard InChI is InChI=1S/C17H26N2O3S/c1-13-8-9-18-15(11-13)23(21)12-14-7-5-6-10-19(14)16(20)22-17(2,3)4/h8-9,11,14H,5-7,10,12H2,1-4H3/t14-,23+/m0/s1. The number of likely N-dealkylation sites (tertiary alicyclic amines) is 1. The highest BCUT2D eigenvalue weighted by Crippen LogP contribution is 2.22. The summed E-state index contributed by atoms with van der Waals surface area (Å²) < 4.78 is 18.1. The summed E-state index contributed by atoms with van der Waals surface area (Å²) in [6.07, 6.45) is 4.23. The first kappa shape index (κ1) is 17.9. The Kier molecular flexibility index (Phi) is 5.79. The second-order valence-electron chi connectivity index (χ2n) is 7.01. The molecular weight excluding hydrogens is 312 g/mol. The Labute approximate surface area is 140 Å². The van der Waals surface area contributed by atoms with Crippen LogP contribution in [0.15, 0.2) is 23.4 Å². The number of carbonyl (C=O) groups is 1. The molecule has 2 rings (SSSR count). The van der Waals surface area contributed by atoms with Gasteiger partial charge in [0, 0.05) is 18.8 Å². The van der Waals surface area contributed by atoms with Crippen molar-refractivity contribution < 1.29 is 13.7 Å². The number of pyridine rings is 1. The summed E-state index contributed by atoms with van der Waals surface area (Å²) in [6, 6.07) is 3.67. The second-order valence-corrected chi connectivity index (χ2v) is 8.45. The zero-order valence-corrected chi connectivity index (χ0v) is 15.2. The summed E-state index contributed by atoms with van der Waals surface area (Å²) in [5.41, 5.74) is 0.520. The van der Waals surface area contributed by atoms with Crippen LogP contribution >= 0.6 is 0 Å². The monoisotopic (exact) mass is 338 g/mol. The van der Waals surface area contributed by atoms with E-state index in [4.69, 9.17) is 4.74 Å². The van der Waals surface area contributed by atoms with Crippen LogP contribution in [0.25, 0.3) is 0 Å². The Morgan fingerprint density at radius 3 is 2.83 bits per heavy atom. The normalized spacial score (nSPS) is 20.2. The van der Waals surface area contributed by atoms with Crippen molar-refractivity contribution in [2.75, 3.05) is 12.3 Å². The number of carbonyl (C=O) groups excluding carboxylic acids is 1. The van der Waals surface area contributed by atoms with Crippen LogP contribution in [0.1, 0.15) is 45.6 Å². The number of hydrogen-bond acceptors (Lipinski definition) is 4. The van der Waals surface area contributed by atoms with Gasteiger partial charge in [-0.3, -0.25) is 4.21 Å². The third-order valence-corrected chi connectivity index (χ3v) is 5.10. The molecule has 1 aliphatic heterocycles. The highest BCUT2D eigenvalue weighted by molar-refractivity contribution is 7.85. The molecule has 5 nitrogen and oxygen atoms in total. The number of ether oxygens (including phenoxy) is 1. The zero-order chi connectivity index (χ0) is 17.0. The quantitative estimate of drug-likeness (QED) is 0.848. The molecule has 0 aromatic carbocycles. The maximum absolute atomic E-state index is 12.6. The molecule has 0 saturated carbocycles. The fourth-order valence-corrected chi connectivity index (χ4v) is 3.99. The Balaban J connectivity index is 2.06. The first-order chi connectivity index (χ1) is 10.8. The lowest BCUT2D eigenvalue weighted by atomic mass is 10.0. The van der Waals surface area contributed by atoms with Gasteiger partial charge in [-0.2, -0.15) is 0 Å².